The fourth-order valence-electron chi connectivity index (χ4n) is 9.02. The number of fused-ring (bicyclic) bond motifs is 1. The van der Waals surface area contributed by atoms with Crippen LogP contribution >= 0.6 is 11.6 Å². The lowest BCUT2D eigenvalue weighted by atomic mass is 9.88. The van der Waals surface area contributed by atoms with Crippen molar-refractivity contribution in [2.24, 2.45) is 11.8 Å². The SMILES string of the molecule is COc1c(OCCOCCOCCOCCOCCOc2ccc(C3CCN(c4ccn5c(CC6CC6)nnc5c4Cl)CC3)cc2)cccc1C(=O)C1CCN(CCc2ccc(F)cc2)CC1. The molecular weight excluding hydrogens is 877 g/mol. The number of rotatable bonds is 27. The third-order valence-electron chi connectivity index (χ3n) is 13.1. The van der Waals surface area contributed by atoms with Crippen LogP contribution in [0.1, 0.15) is 71.8 Å². The number of methoxy groups -OCH3 is 1. The number of hydrogen-bond donors (Lipinski definition) is 0. The van der Waals surface area contributed by atoms with E-state index in [1.54, 1.807) is 7.11 Å². The third-order valence-corrected chi connectivity index (χ3v) is 13.4. The molecule has 1 saturated carbocycles. The van der Waals surface area contributed by atoms with Crippen molar-refractivity contribution in [3.8, 4) is 17.2 Å². The van der Waals surface area contributed by atoms with Crippen LogP contribution in [-0.4, -0.2) is 131 Å². The molecule has 0 amide bonds. The number of carbonyl (C=O) groups excluding carboxylic acids is 1. The van der Waals surface area contributed by atoms with Crippen LogP contribution in [0.2, 0.25) is 5.02 Å². The molecule has 0 atom stereocenters. The summed E-state index contributed by atoms with van der Waals surface area (Å²) in [6.45, 7) is 8.82. The molecule has 4 heterocycles. The Kier molecular flexibility index (Phi) is 18.1. The maximum absolute atomic E-state index is 13.6. The van der Waals surface area contributed by atoms with E-state index in [9.17, 15) is 9.18 Å². The number of para-hydroxylation sites is 1. The van der Waals surface area contributed by atoms with Crippen molar-refractivity contribution in [2.75, 3.05) is 111 Å². The summed E-state index contributed by atoms with van der Waals surface area (Å²) < 4.78 is 55.5. The monoisotopic (exact) mass is 941 g/mol. The van der Waals surface area contributed by atoms with Crippen molar-refractivity contribution < 1.29 is 42.3 Å². The van der Waals surface area contributed by atoms with E-state index in [0.717, 1.165) is 106 Å². The van der Waals surface area contributed by atoms with Gasteiger partial charge in [-0.2, -0.15) is 0 Å². The molecule has 67 heavy (non-hydrogen) atoms. The summed E-state index contributed by atoms with van der Waals surface area (Å²) in [6, 6.07) is 22.7. The number of nitrogens with zero attached hydrogens (tertiary/aromatic N) is 5. The Bertz CT molecular complexity index is 2300. The predicted octanol–water partition coefficient (Wildman–Crippen LogP) is 8.53. The summed E-state index contributed by atoms with van der Waals surface area (Å²) in [4.78, 5) is 18.3. The van der Waals surface area contributed by atoms with Gasteiger partial charge in [-0.3, -0.25) is 9.20 Å². The van der Waals surface area contributed by atoms with Crippen LogP contribution in [0.15, 0.2) is 79.0 Å². The van der Waals surface area contributed by atoms with Crippen molar-refractivity contribution in [1.82, 2.24) is 19.5 Å². The van der Waals surface area contributed by atoms with Crippen LogP contribution in [0.3, 0.4) is 0 Å². The lowest BCUT2D eigenvalue weighted by molar-refractivity contribution is -0.00704. The summed E-state index contributed by atoms with van der Waals surface area (Å²) >= 11 is 6.87. The first-order valence-electron chi connectivity index (χ1n) is 24.0. The van der Waals surface area contributed by atoms with Gasteiger partial charge in [-0.15, -0.1) is 10.2 Å². The smallest absolute Gasteiger partial charge is 0.181 e. The first-order valence-corrected chi connectivity index (χ1v) is 24.4. The van der Waals surface area contributed by atoms with Gasteiger partial charge in [0, 0.05) is 38.2 Å². The van der Waals surface area contributed by atoms with E-state index in [1.165, 1.54) is 30.5 Å². The molecule has 0 spiro atoms. The highest BCUT2D eigenvalue weighted by atomic mass is 35.5. The maximum Gasteiger partial charge on any atom is 0.181 e. The largest absolute Gasteiger partial charge is 0.492 e. The summed E-state index contributed by atoms with van der Waals surface area (Å²) in [5.74, 6) is 3.86. The molecule has 0 N–H and O–H groups in total. The number of ketones is 1. The number of likely N-dealkylation sites (tertiary alicyclic amines) is 1. The molecule has 1 aliphatic carbocycles. The lowest BCUT2D eigenvalue weighted by Gasteiger charge is -2.34. The summed E-state index contributed by atoms with van der Waals surface area (Å²) in [5.41, 5.74) is 4.79. The molecule has 3 aliphatic rings. The van der Waals surface area contributed by atoms with Crippen molar-refractivity contribution in [3.63, 3.8) is 0 Å². The number of piperidine rings is 2. The molecule has 0 bridgehead atoms. The highest BCUT2D eigenvalue weighted by Gasteiger charge is 2.29. The van der Waals surface area contributed by atoms with Gasteiger partial charge < -0.3 is 43.0 Å². The van der Waals surface area contributed by atoms with E-state index in [-0.39, 0.29) is 17.5 Å². The Morgan fingerprint density at radius 1 is 0.716 bits per heavy atom. The molecule has 13 nitrogen and oxygen atoms in total. The second kappa shape index (κ2) is 25.0. The van der Waals surface area contributed by atoms with Gasteiger partial charge in [0.05, 0.1) is 71.2 Å². The molecule has 0 radical (unpaired) electrons. The first-order chi connectivity index (χ1) is 32.9. The van der Waals surface area contributed by atoms with Gasteiger partial charge in [0.25, 0.3) is 0 Å². The van der Waals surface area contributed by atoms with Crippen molar-refractivity contribution in [1.29, 1.82) is 0 Å². The van der Waals surface area contributed by atoms with Gasteiger partial charge in [-0.25, -0.2) is 4.39 Å². The molecular formula is C52H65ClFN5O8. The van der Waals surface area contributed by atoms with Crippen LogP contribution in [-0.2, 0) is 31.8 Å². The van der Waals surface area contributed by atoms with E-state index in [4.69, 9.17) is 44.8 Å². The van der Waals surface area contributed by atoms with Gasteiger partial charge in [0.15, 0.2) is 22.9 Å². The summed E-state index contributed by atoms with van der Waals surface area (Å²) in [7, 11) is 1.56. The average Bonchev–Trinajstić information content (AvgIpc) is 4.10. The Hall–Kier alpha value is -4.83. The number of Topliss-reactive ketones (excluding diaryl/α,β-unsaturated/α-hetero) is 1. The molecule has 3 aromatic carbocycles. The highest BCUT2D eigenvalue weighted by molar-refractivity contribution is 6.36. The van der Waals surface area contributed by atoms with E-state index < -0.39 is 0 Å². The minimum absolute atomic E-state index is 0.0720. The third kappa shape index (κ3) is 13.9. The van der Waals surface area contributed by atoms with Crippen molar-refractivity contribution in [2.45, 2.75) is 57.3 Å². The number of carbonyl (C=O) groups is 1. The zero-order chi connectivity index (χ0) is 46.2. The van der Waals surface area contributed by atoms with Crippen LogP contribution in [0.25, 0.3) is 5.65 Å². The number of hydrogen-bond acceptors (Lipinski definition) is 12. The highest BCUT2D eigenvalue weighted by Crippen LogP contribution is 2.38. The minimum Gasteiger partial charge on any atom is -0.492 e. The number of anilines is 1. The van der Waals surface area contributed by atoms with E-state index in [0.29, 0.717) is 94.1 Å². The molecule has 360 valence electrons. The molecule has 0 unspecified atom stereocenters. The second-order valence-electron chi connectivity index (χ2n) is 17.6. The van der Waals surface area contributed by atoms with Crippen LogP contribution in [0, 0.1) is 17.7 Å². The summed E-state index contributed by atoms with van der Waals surface area (Å²) in [5, 5.41) is 9.54. The fraction of sp³-hybridized carbons (Fsp3) is 0.519. The van der Waals surface area contributed by atoms with Gasteiger partial charge in [-0.05, 0) is 123 Å². The molecule has 2 aromatic heterocycles. The van der Waals surface area contributed by atoms with E-state index in [2.05, 4.69) is 48.8 Å². The van der Waals surface area contributed by atoms with Gasteiger partial charge in [0.2, 0.25) is 0 Å². The van der Waals surface area contributed by atoms with Gasteiger partial charge >= 0.3 is 0 Å². The number of ether oxygens (including phenoxy) is 7. The quantitative estimate of drug-likeness (QED) is 0.0371. The minimum atomic E-state index is -0.219. The molecule has 2 saturated heterocycles. The van der Waals surface area contributed by atoms with Gasteiger partial charge in [-0.1, -0.05) is 41.9 Å². The predicted molar refractivity (Wildman–Crippen MR) is 256 cm³/mol. The number of halogens is 2. The number of benzene rings is 3. The number of aromatic nitrogens is 3. The van der Waals surface area contributed by atoms with Crippen molar-refractivity contribution in [3.05, 3.63) is 112 Å². The van der Waals surface area contributed by atoms with Crippen LogP contribution in [0.4, 0.5) is 10.1 Å². The second-order valence-corrected chi connectivity index (χ2v) is 18.0. The van der Waals surface area contributed by atoms with Crippen molar-refractivity contribution >= 4 is 28.7 Å². The lowest BCUT2D eigenvalue weighted by Crippen LogP contribution is -2.37. The Morgan fingerprint density at radius 2 is 1.36 bits per heavy atom. The molecule has 3 fully saturated rings. The molecule has 15 heteroatoms. The normalized spacial score (nSPS) is 16.2. The average molecular weight is 943 g/mol. The van der Waals surface area contributed by atoms with E-state index >= 15 is 0 Å². The Balaban J connectivity index is 0.612. The Labute approximate surface area is 398 Å². The topological polar surface area (TPSA) is 118 Å². The maximum atomic E-state index is 13.6. The van der Waals surface area contributed by atoms with Gasteiger partial charge in [0.1, 0.15) is 35.6 Å². The molecule has 8 rings (SSSR count). The van der Waals surface area contributed by atoms with Crippen LogP contribution < -0.4 is 19.1 Å². The Morgan fingerprint density at radius 3 is 2.00 bits per heavy atom. The molecule has 5 aromatic rings. The summed E-state index contributed by atoms with van der Waals surface area (Å²) in [6.07, 6.45) is 10.2. The zero-order valence-electron chi connectivity index (χ0n) is 38.8. The number of pyridine rings is 1. The first kappa shape index (κ1) is 48.6. The van der Waals surface area contributed by atoms with E-state index in [1.807, 2.05) is 42.5 Å². The van der Waals surface area contributed by atoms with Crippen LogP contribution in [0.5, 0.6) is 17.2 Å². The molecule has 2 aliphatic heterocycles. The standard InChI is InChI=1S/C52H65ClFN5O8/c1-61-51-45(50(60)42-16-22-57(23-17-42)21-15-38-7-11-43(54)12-8-38)3-2-4-47(51)67-36-34-65-32-30-63-28-27-62-29-31-64-33-35-66-44-13-9-40(10-14-44)41-18-24-58(25-19-41)46-20-26-59-48(37-39-5-6-39)55-56-52(59)49(46)53/h2-4,7-14,20,26,39,41-42H,5-6,15-19,21-25,27-37H2,1H3. The fourth-order valence-corrected chi connectivity index (χ4v) is 9.33. The zero-order valence-corrected chi connectivity index (χ0v) is 39.5.